The van der Waals surface area contributed by atoms with Crippen molar-refractivity contribution in [3.8, 4) is 5.69 Å². The first-order valence-electron chi connectivity index (χ1n) is 6.14. The highest BCUT2D eigenvalue weighted by molar-refractivity contribution is 9.10. The van der Waals surface area contributed by atoms with Crippen molar-refractivity contribution >= 4 is 15.9 Å². The number of benzene rings is 1. The second-order valence-electron chi connectivity index (χ2n) is 4.64. The number of aromatic nitrogens is 2. The van der Waals surface area contributed by atoms with Crippen molar-refractivity contribution in [3.63, 3.8) is 0 Å². The molecule has 0 aliphatic heterocycles. The predicted octanol–water partition coefficient (Wildman–Crippen LogP) is 4.29. The summed E-state index contributed by atoms with van der Waals surface area (Å²) in [6.45, 7) is 0. The van der Waals surface area contributed by atoms with Crippen LogP contribution in [-0.2, 0) is 0 Å². The fourth-order valence-electron chi connectivity index (χ4n) is 2.51. The maximum Gasteiger partial charge on any atom is 0.0659 e. The van der Waals surface area contributed by atoms with Gasteiger partial charge in [-0.1, -0.05) is 28.8 Å². The molecule has 1 heterocycles. The summed E-state index contributed by atoms with van der Waals surface area (Å²) < 4.78 is 3.07. The van der Waals surface area contributed by atoms with Crippen LogP contribution < -0.4 is 0 Å². The Morgan fingerprint density at radius 3 is 2.47 bits per heavy atom. The molecule has 1 fully saturated rings. The molecule has 1 aromatic heterocycles. The topological polar surface area (TPSA) is 17.8 Å². The largest absolute Gasteiger partial charge is 0.241 e. The summed E-state index contributed by atoms with van der Waals surface area (Å²) in [7, 11) is 0. The molecule has 2 nitrogen and oxygen atoms in total. The van der Waals surface area contributed by atoms with Crippen molar-refractivity contribution in [2.75, 3.05) is 0 Å². The lowest BCUT2D eigenvalue weighted by Gasteiger charge is -2.04. The third kappa shape index (κ3) is 2.29. The Kier molecular flexibility index (Phi) is 3.02. The molecule has 17 heavy (non-hydrogen) atoms. The highest BCUT2D eigenvalue weighted by atomic mass is 79.9. The van der Waals surface area contributed by atoms with E-state index in [1.807, 2.05) is 16.8 Å². The number of rotatable bonds is 2. The highest BCUT2D eigenvalue weighted by Gasteiger charge is 2.19. The van der Waals surface area contributed by atoms with Crippen LogP contribution in [0.5, 0.6) is 0 Å². The van der Waals surface area contributed by atoms with Crippen LogP contribution in [0.2, 0.25) is 0 Å². The van der Waals surface area contributed by atoms with E-state index >= 15 is 0 Å². The molecule has 1 aliphatic rings. The monoisotopic (exact) mass is 290 g/mol. The molecule has 3 heteroatoms. The van der Waals surface area contributed by atoms with Crippen molar-refractivity contribution in [3.05, 3.63) is 46.7 Å². The summed E-state index contributed by atoms with van der Waals surface area (Å²) in [6, 6.07) is 10.4. The molecule has 1 aliphatic carbocycles. The van der Waals surface area contributed by atoms with Gasteiger partial charge in [-0.05, 0) is 43.2 Å². The molecule has 1 saturated carbocycles. The summed E-state index contributed by atoms with van der Waals surface area (Å²) >= 11 is 3.45. The lowest BCUT2D eigenvalue weighted by Crippen LogP contribution is -1.98. The standard InChI is InChI=1S/C14H15BrN2/c15-12-5-7-13(8-6-12)17-10-9-14(16-17)11-3-1-2-4-11/h5-11H,1-4H2. The second kappa shape index (κ2) is 4.65. The minimum absolute atomic E-state index is 0.687. The van der Waals surface area contributed by atoms with Gasteiger partial charge in [-0.2, -0.15) is 5.10 Å². The minimum Gasteiger partial charge on any atom is -0.241 e. The SMILES string of the molecule is Brc1ccc(-n2ccc(C3CCCC3)n2)cc1. The van der Waals surface area contributed by atoms with Crippen LogP contribution >= 0.6 is 15.9 Å². The van der Waals surface area contributed by atoms with E-state index in [9.17, 15) is 0 Å². The van der Waals surface area contributed by atoms with E-state index in [0.717, 1.165) is 10.2 Å². The van der Waals surface area contributed by atoms with Crippen molar-refractivity contribution in [2.45, 2.75) is 31.6 Å². The van der Waals surface area contributed by atoms with Gasteiger partial charge in [-0.3, -0.25) is 0 Å². The zero-order chi connectivity index (χ0) is 11.7. The first kappa shape index (κ1) is 11.0. The summed E-state index contributed by atoms with van der Waals surface area (Å²) in [6.07, 6.45) is 7.39. The third-order valence-electron chi connectivity index (χ3n) is 3.47. The first-order valence-corrected chi connectivity index (χ1v) is 6.94. The average Bonchev–Trinajstić information content (AvgIpc) is 3.00. The minimum atomic E-state index is 0.687. The van der Waals surface area contributed by atoms with Crippen LogP contribution in [0.4, 0.5) is 0 Å². The quantitative estimate of drug-likeness (QED) is 0.807. The number of halogens is 1. The van der Waals surface area contributed by atoms with Crippen LogP contribution in [-0.4, -0.2) is 9.78 Å². The van der Waals surface area contributed by atoms with Crippen LogP contribution in [0.3, 0.4) is 0 Å². The molecule has 3 rings (SSSR count). The van der Waals surface area contributed by atoms with E-state index in [2.05, 4.69) is 40.3 Å². The molecule has 0 radical (unpaired) electrons. The Morgan fingerprint density at radius 1 is 1.06 bits per heavy atom. The van der Waals surface area contributed by atoms with Crippen molar-refractivity contribution < 1.29 is 0 Å². The predicted molar refractivity (Wildman–Crippen MR) is 72.5 cm³/mol. The van der Waals surface area contributed by atoms with Gasteiger partial charge in [0.05, 0.1) is 11.4 Å². The zero-order valence-corrected chi connectivity index (χ0v) is 11.2. The van der Waals surface area contributed by atoms with E-state index in [-0.39, 0.29) is 0 Å². The summed E-state index contributed by atoms with van der Waals surface area (Å²) in [5, 5.41) is 4.69. The molecule has 0 spiro atoms. The fourth-order valence-corrected chi connectivity index (χ4v) is 2.78. The van der Waals surface area contributed by atoms with Gasteiger partial charge in [-0.15, -0.1) is 0 Å². The summed E-state index contributed by atoms with van der Waals surface area (Å²) in [5.41, 5.74) is 2.38. The van der Waals surface area contributed by atoms with Crippen LogP contribution in [0, 0.1) is 0 Å². The van der Waals surface area contributed by atoms with E-state index in [1.165, 1.54) is 31.4 Å². The summed E-state index contributed by atoms with van der Waals surface area (Å²) in [5.74, 6) is 0.687. The third-order valence-corrected chi connectivity index (χ3v) is 4.00. The molecule has 88 valence electrons. The summed E-state index contributed by atoms with van der Waals surface area (Å²) in [4.78, 5) is 0. The Hall–Kier alpha value is -1.09. The highest BCUT2D eigenvalue weighted by Crippen LogP contribution is 2.33. The van der Waals surface area contributed by atoms with E-state index in [4.69, 9.17) is 5.10 Å². The maximum atomic E-state index is 4.69. The smallest absolute Gasteiger partial charge is 0.0659 e. The Bertz CT molecular complexity index is 495. The van der Waals surface area contributed by atoms with E-state index in [0.29, 0.717) is 5.92 Å². The van der Waals surface area contributed by atoms with Gasteiger partial charge in [0, 0.05) is 16.6 Å². The molecule has 1 aromatic carbocycles. The van der Waals surface area contributed by atoms with Crippen molar-refractivity contribution in [2.24, 2.45) is 0 Å². The fraction of sp³-hybridized carbons (Fsp3) is 0.357. The molecular formula is C14H15BrN2. The van der Waals surface area contributed by atoms with Gasteiger partial charge in [-0.25, -0.2) is 4.68 Å². The average molecular weight is 291 g/mol. The zero-order valence-electron chi connectivity index (χ0n) is 9.64. The van der Waals surface area contributed by atoms with Gasteiger partial charge in [0.15, 0.2) is 0 Å². The van der Waals surface area contributed by atoms with Crippen LogP contribution in [0.1, 0.15) is 37.3 Å². The normalized spacial score (nSPS) is 16.5. The van der Waals surface area contributed by atoms with Gasteiger partial charge >= 0.3 is 0 Å². The van der Waals surface area contributed by atoms with Crippen LogP contribution in [0.25, 0.3) is 5.69 Å². The van der Waals surface area contributed by atoms with E-state index in [1.54, 1.807) is 0 Å². The Morgan fingerprint density at radius 2 is 1.76 bits per heavy atom. The lowest BCUT2D eigenvalue weighted by molar-refractivity contribution is 0.678. The van der Waals surface area contributed by atoms with Gasteiger partial charge in [0.25, 0.3) is 0 Å². The number of hydrogen-bond donors (Lipinski definition) is 0. The van der Waals surface area contributed by atoms with Gasteiger partial charge < -0.3 is 0 Å². The van der Waals surface area contributed by atoms with Crippen LogP contribution in [0.15, 0.2) is 41.0 Å². The lowest BCUT2D eigenvalue weighted by atomic mass is 10.1. The van der Waals surface area contributed by atoms with Gasteiger partial charge in [0.1, 0.15) is 0 Å². The molecule has 2 aromatic rings. The van der Waals surface area contributed by atoms with E-state index < -0.39 is 0 Å². The Balaban J connectivity index is 1.86. The molecule has 0 bridgehead atoms. The Labute approximate surface area is 110 Å². The van der Waals surface area contributed by atoms with Crippen molar-refractivity contribution in [1.82, 2.24) is 9.78 Å². The molecule has 0 N–H and O–H groups in total. The molecule has 0 atom stereocenters. The molecule has 0 saturated heterocycles. The van der Waals surface area contributed by atoms with Crippen molar-refractivity contribution in [1.29, 1.82) is 0 Å². The number of hydrogen-bond acceptors (Lipinski definition) is 1. The number of nitrogens with zero attached hydrogens (tertiary/aromatic N) is 2. The maximum absolute atomic E-state index is 4.69. The molecule has 0 unspecified atom stereocenters. The first-order chi connectivity index (χ1) is 8.33. The molecule has 0 amide bonds. The molecular weight excluding hydrogens is 276 g/mol. The van der Waals surface area contributed by atoms with Gasteiger partial charge in [0.2, 0.25) is 0 Å². The second-order valence-corrected chi connectivity index (χ2v) is 5.56.